The van der Waals surface area contributed by atoms with Crippen LogP contribution in [0.3, 0.4) is 0 Å². The van der Waals surface area contributed by atoms with E-state index in [1.165, 1.54) is 0 Å². The molecule has 0 radical (unpaired) electrons. The summed E-state index contributed by atoms with van der Waals surface area (Å²) >= 11 is 20.2. The van der Waals surface area contributed by atoms with Gasteiger partial charge >= 0.3 is 0 Å². The lowest BCUT2D eigenvalue weighted by molar-refractivity contribution is -0.119. The summed E-state index contributed by atoms with van der Waals surface area (Å²) < 4.78 is 11.2. The van der Waals surface area contributed by atoms with Gasteiger partial charge in [-0.2, -0.15) is 4.98 Å². The van der Waals surface area contributed by atoms with Crippen molar-refractivity contribution in [1.29, 1.82) is 0 Å². The number of fused-ring (bicyclic) bond motifs is 1. The SMILES string of the molecule is COc1nc(-c2cccc(-c3cccc(N4Cc5nc(CCl)nc(OC)c5C4)c3Cl)c2Cl)ccc1CNCC1CCC(=O)N1. The van der Waals surface area contributed by atoms with Crippen LogP contribution in [0.1, 0.15) is 35.5 Å². The van der Waals surface area contributed by atoms with Crippen LogP contribution in [0.15, 0.2) is 48.5 Å². The van der Waals surface area contributed by atoms with Crippen LogP contribution in [0.25, 0.3) is 22.4 Å². The summed E-state index contributed by atoms with van der Waals surface area (Å²) in [5.74, 6) is 1.88. The molecule has 4 heterocycles. The zero-order valence-electron chi connectivity index (χ0n) is 24.3. The molecule has 1 saturated heterocycles. The van der Waals surface area contributed by atoms with Crippen LogP contribution in [-0.2, 0) is 30.3 Å². The van der Waals surface area contributed by atoms with Crippen molar-refractivity contribution in [1.82, 2.24) is 25.6 Å². The Morgan fingerprint density at radius 3 is 2.41 bits per heavy atom. The lowest BCUT2D eigenvalue weighted by atomic mass is 10.00. The highest BCUT2D eigenvalue weighted by Crippen LogP contribution is 2.44. The quantitative estimate of drug-likeness (QED) is 0.197. The molecule has 1 amide bonds. The molecule has 2 aromatic carbocycles. The van der Waals surface area contributed by atoms with Crippen molar-refractivity contribution in [2.24, 2.45) is 0 Å². The van der Waals surface area contributed by atoms with Gasteiger partial charge in [-0.3, -0.25) is 4.79 Å². The van der Waals surface area contributed by atoms with E-state index in [4.69, 9.17) is 49.3 Å². The molecule has 1 fully saturated rings. The minimum atomic E-state index is 0.103. The monoisotopic (exact) mass is 652 g/mol. The van der Waals surface area contributed by atoms with E-state index in [-0.39, 0.29) is 17.8 Å². The van der Waals surface area contributed by atoms with E-state index in [1.807, 2.05) is 48.5 Å². The Morgan fingerprint density at radius 1 is 0.932 bits per heavy atom. The predicted octanol–water partition coefficient (Wildman–Crippen LogP) is 6.16. The molecule has 0 saturated carbocycles. The maximum absolute atomic E-state index is 11.5. The van der Waals surface area contributed by atoms with Crippen molar-refractivity contribution in [3.05, 3.63) is 81.2 Å². The minimum absolute atomic E-state index is 0.103. The van der Waals surface area contributed by atoms with Gasteiger partial charge in [-0.05, 0) is 18.6 Å². The Labute approximate surface area is 270 Å². The number of carbonyl (C=O) groups excluding carboxylic acids is 1. The lowest BCUT2D eigenvalue weighted by Crippen LogP contribution is -2.35. The first-order chi connectivity index (χ1) is 21.4. The summed E-state index contributed by atoms with van der Waals surface area (Å²) in [6.07, 6.45) is 1.42. The van der Waals surface area contributed by atoms with Crippen LogP contribution < -0.4 is 25.0 Å². The van der Waals surface area contributed by atoms with Gasteiger partial charge in [0.15, 0.2) is 0 Å². The van der Waals surface area contributed by atoms with Gasteiger partial charge in [0.2, 0.25) is 17.7 Å². The summed E-state index contributed by atoms with van der Waals surface area (Å²) in [5, 5.41) is 7.48. The number of hydrogen-bond donors (Lipinski definition) is 2. The van der Waals surface area contributed by atoms with Gasteiger partial charge < -0.3 is 25.0 Å². The molecule has 4 aromatic rings. The lowest BCUT2D eigenvalue weighted by Gasteiger charge is -2.21. The maximum atomic E-state index is 11.5. The van der Waals surface area contributed by atoms with Crippen LogP contribution in [0.5, 0.6) is 11.8 Å². The second-order valence-electron chi connectivity index (χ2n) is 10.7. The Hall–Kier alpha value is -3.63. The van der Waals surface area contributed by atoms with Crippen molar-refractivity contribution in [3.63, 3.8) is 0 Å². The molecule has 1 unspecified atom stereocenters. The first-order valence-corrected chi connectivity index (χ1v) is 15.5. The molecule has 9 nitrogen and oxygen atoms in total. The van der Waals surface area contributed by atoms with Gasteiger partial charge in [0.25, 0.3) is 0 Å². The number of hydrogen-bond acceptors (Lipinski definition) is 8. The molecule has 1 atom stereocenters. The van der Waals surface area contributed by atoms with Crippen LogP contribution in [0.2, 0.25) is 10.0 Å². The average Bonchev–Trinajstić information content (AvgIpc) is 3.66. The standard InChI is InChI=1S/C32H31Cl3N6O3/c1-43-31-18(14-36-15-19-10-12-28(42)37-19)9-11-24(39-31)22-7-3-5-20(29(22)34)21-6-4-8-26(30(21)35)41-16-23-25(17-41)38-27(13-33)40-32(23)44-2/h3-9,11,19,36H,10,12-17H2,1-2H3,(H,37,42). The van der Waals surface area contributed by atoms with E-state index in [0.29, 0.717) is 65.9 Å². The fourth-order valence-electron chi connectivity index (χ4n) is 5.72. The van der Waals surface area contributed by atoms with E-state index in [1.54, 1.807) is 14.2 Å². The third-order valence-electron chi connectivity index (χ3n) is 7.91. The van der Waals surface area contributed by atoms with Gasteiger partial charge in [-0.15, -0.1) is 11.6 Å². The zero-order valence-corrected chi connectivity index (χ0v) is 26.6. The van der Waals surface area contributed by atoms with E-state index in [0.717, 1.165) is 45.6 Å². The Balaban J connectivity index is 1.25. The fraction of sp³-hybridized carbons (Fsp3) is 0.312. The molecule has 12 heteroatoms. The third kappa shape index (κ3) is 6.02. The number of alkyl halides is 1. The largest absolute Gasteiger partial charge is 0.481 e. The number of benzene rings is 2. The molecule has 6 rings (SSSR count). The number of ether oxygens (including phenoxy) is 2. The van der Waals surface area contributed by atoms with Gasteiger partial charge in [0.1, 0.15) is 5.82 Å². The fourth-order valence-corrected chi connectivity index (χ4v) is 6.52. The average molecular weight is 654 g/mol. The van der Waals surface area contributed by atoms with Crippen LogP contribution in [0, 0.1) is 0 Å². The van der Waals surface area contributed by atoms with Crippen molar-refractivity contribution in [2.75, 3.05) is 25.7 Å². The highest BCUT2D eigenvalue weighted by Gasteiger charge is 2.28. The first kappa shape index (κ1) is 30.4. The molecule has 0 aliphatic carbocycles. The van der Waals surface area contributed by atoms with Crippen LogP contribution in [-0.4, -0.2) is 47.7 Å². The van der Waals surface area contributed by atoms with Crippen molar-refractivity contribution < 1.29 is 14.3 Å². The number of anilines is 1. The molecular formula is C32H31Cl3N6O3. The smallest absolute Gasteiger partial charge is 0.221 e. The number of nitrogens with zero attached hydrogens (tertiary/aromatic N) is 4. The Bertz CT molecular complexity index is 1720. The molecule has 2 aromatic heterocycles. The molecule has 2 N–H and O–H groups in total. The van der Waals surface area contributed by atoms with Crippen molar-refractivity contribution >= 4 is 46.4 Å². The van der Waals surface area contributed by atoms with E-state index in [2.05, 4.69) is 25.5 Å². The second-order valence-corrected chi connectivity index (χ2v) is 11.7. The number of rotatable bonds is 10. The minimum Gasteiger partial charge on any atom is -0.481 e. The predicted molar refractivity (Wildman–Crippen MR) is 173 cm³/mol. The number of methoxy groups -OCH3 is 2. The number of carbonyl (C=O) groups is 1. The van der Waals surface area contributed by atoms with E-state index in [9.17, 15) is 4.79 Å². The maximum Gasteiger partial charge on any atom is 0.221 e. The first-order valence-electron chi connectivity index (χ1n) is 14.3. The van der Waals surface area contributed by atoms with Crippen molar-refractivity contribution in [2.45, 2.75) is 44.4 Å². The van der Waals surface area contributed by atoms with Crippen LogP contribution >= 0.6 is 34.8 Å². The van der Waals surface area contributed by atoms with E-state index >= 15 is 0 Å². The topological polar surface area (TPSA) is 102 Å². The molecular weight excluding hydrogens is 623 g/mol. The number of pyridine rings is 1. The highest BCUT2D eigenvalue weighted by molar-refractivity contribution is 6.39. The zero-order chi connectivity index (χ0) is 30.8. The molecule has 0 spiro atoms. The van der Waals surface area contributed by atoms with Crippen LogP contribution in [0.4, 0.5) is 5.69 Å². The van der Waals surface area contributed by atoms with Gasteiger partial charge in [0, 0.05) is 47.8 Å². The third-order valence-corrected chi connectivity index (χ3v) is 8.95. The van der Waals surface area contributed by atoms with E-state index < -0.39 is 0 Å². The van der Waals surface area contributed by atoms with Gasteiger partial charge in [0.05, 0.1) is 65.9 Å². The molecule has 44 heavy (non-hydrogen) atoms. The highest BCUT2D eigenvalue weighted by atomic mass is 35.5. The van der Waals surface area contributed by atoms with Crippen molar-refractivity contribution in [3.8, 4) is 34.1 Å². The summed E-state index contributed by atoms with van der Waals surface area (Å²) in [5.41, 5.74) is 6.60. The number of nitrogens with one attached hydrogen (secondary N) is 2. The Morgan fingerprint density at radius 2 is 1.68 bits per heavy atom. The Kier molecular flexibility index (Phi) is 9.09. The molecule has 228 valence electrons. The molecule has 2 aliphatic heterocycles. The molecule has 2 aliphatic rings. The number of amides is 1. The number of aromatic nitrogens is 3. The second kappa shape index (κ2) is 13.2. The number of halogens is 3. The van der Waals surface area contributed by atoms with Gasteiger partial charge in [-0.25, -0.2) is 9.97 Å². The summed E-state index contributed by atoms with van der Waals surface area (Å²) in [7, 11) is 3.20. The summed E-state index contributed by atoms with van der Waals surface area (Å²) in [4.78, 5) is 27.4. The van der Waals surface area contributed by atoms with Gasteiger partial charge in [-0.1, -0.05) is 59.6 Å². The molecule has 0 bridgehead atoms. The summed E-state index contributed by atoms with van der Waals surface area (Å²) in [6, 6.07) is 15.8. The summed E-state index contributed by atoms with van der Waals surface area (Å²) in [6.45, 7) is 2.35. The normalized spacial score (nSPS) is 15.8.